The molecule has 2 atom stereocenters. The van der Waals surface area contributed by atoms with Crippen molar-refractivity contribution in [3.8, 4) is 0 Å². The molecule has 1 aliphatic rings. The number of amides is 1. The molecule has 2 unspecified atom stereocenters. The van der Waals surface area contributed by atoms with E-state index in [1.165, 1.54) is 6.08 Å². The highest BCUT2D eigenvalue weighted by Crippen LogP contribution is 2.20. The third-order valence-electron chi connectivity index (χ3n) is 3.85. The highest BCUT2D eigenvalue weighted by Gasteiger charge is 2.27. The first kappa shape index (κ1) is 16.0. The predicted molar refractivity (Wildman–Crippen MR) is 89.9 cm³/mol. The van der Waals surface area contributed by atoms with Gasteiger partial charge in [0.2, 0.25) is 5.91 Å². The number of rotatable bonds is 4. The second-order valence-corrected chi connectivity index (χ2v) is 5.60. The molecule has 0 saturated carbocycles. The Hall–Kier alpha value is -2.37. The minimum Gasteiger partial charge on any atom is -0.365 e. The van der Waals surface area contributed by atoms with Gasteiger partial charge in [-0.1, -0.05) is 13.5 Å². The smallest absolute Gasteiger partial charge is 0.246 e. The molecule has 22 heavy (non-hydrogen) atoms. The van der Waals surface area contributed by atoms with Crippen LogP contribution in [0.25, 0.3) is 0 Å². The Morgan fingerprint density at radius 1 is 1.55 bits per heavy atom. The van der Waals surface area contributed by atoms with E-state index in [-0.39, 0.29) is 11.9 Å². The second kappa shape index (κ2) is 7.06. The minimum atomic E-state index is -0.0246. The fourth-order valence-corrected chi connectivity index (χ4v) is 2.90. The summed E-state index contributed by atoms with van der Waals surface area (Å²) >= 11 is 0. The number of likely N-dealkylation sites (tertiary alicyclic amines) is 1. The van der Waals surface area contributed by atoms with Gasteiger partial charge in [0, 0.05) is 32.4 Å². The summed E-state index contributed by atoms with van der Waals surface area (Å²) in [6.45, 7) is 10.7. The minimum absolute atomic E-state index is 0.0246. The number of hydrogen-bond donors (Lipinski definition) is 2. The number of nitrogens with zero attached hydrogens (tertiary/aromatic N) is 3. The van der Waals surface area contributed by atoms with Crippen molar-refractivity contribution in [2.45, 2.75) is 19.4 Å². The number of carbonyl (C=O) groups excluding carboxylic acids is 1. The Morgan fingerprint density at radius 2 is 2.32 bits per heavy atom. The van der Waals surface area contributed by atoms with Crippen LogP contribution in [0.15, 0.2) is 34.9 Å². The molecule has 2 heterocycles. The van der Waals surface area contributed by atoms with Crippen molar-refractivity contribution in [2.24, 2.45) is 15.9 Å². The topological polar surface area (TPSA) is 72.8 Å². The van der Waals surface area contributed by atoms with E-state index in [2.05, 4.69) is 40.5 Å². The number of aromatic amines is 1. The summed E-state index contributed by atoms with van der Waals surface area (Å²) in [5, 5.41) is 3.44. The molecule has 0 bridgehead atoms. The largest absolute Gasteiger partial charge is 0.365 e. The lowest BCUT2D eigenvalue weighted by Crippen LogP contribution is -2.51. The van der Waals surface area contributed by atoms with Crippen LogP contribution < -0.4 is 5.32 Å². The van der Waals surface area contributed by atoms with Crippen LogP contribution in [0, 0.1) is 5.92 Å². The van der Waals surface area contributed by atoms with E-state index in [9.17, 15) is 4.79 Å². The van der Waals surface area contributed by atoms with Gasteiger partial charge < -0.3 is 15.2 Å². The van der Waals surface area contributed by atoms with E-state index >= 15 is 0 Å². The zero-order valence-corrected chi connectivity index (χ0v) is 13.2. The highest BCUT2D eigenvalue weighted by atomic mass is 16.2. The number of amidine groups is 1. The SMILES string of the molecule is C=CC(=O)N1CC(C)CC(NC(=NC)c2cc[nH]c2N=C)C1. The molecule has 2 N–H and O–H groups in total. The van der Waals surface area contributed by atoms with Crippen molar-refractivity contribution in [3.63, 3.8) is 0 Å². The highest BCUT2D eigenvalue weighted by molar-refractivity contribution is 6.02. The molecule has 0 spiro atoms. The van der Waals surface area contributed by atoms with E-state index in [1.807, 2.05) is 17.2 Å². The van der Waals surface area contributed by atoms with Crippen LogP contribution in [0.4, 0.5) is 5.82 Å². The van der Waals surface area contributed by atoms with E-state index in [0.717, 1.165) is 24.4 Å². The molecule has 1 aromatic rings. The number of piperidine rings is 1. The van der Waals surface area contributed by atoms with Gasteiger partial charge in [0.15, 0.2) is 0 Å². The monoisotopic (exact) mass is 301 g/mol. The lowest BCUT2D eigenvalue weighted by molar-refractivity contribution is -0.128. The van der Waals surface area contributed by atoms with Crippen molar-refractivity contribution in [1.82, 2.24) is 15.2 Å². The third-order valence-corrected chi connectivity index (χ3v) is 3.85. The van der Waals surface area contributed by atoms with Gasteiger partial charge in [0.25, 0.3) is 0 Å². The lowest BCUT2D eigenvalue weighted by atomic mass is 9.95. The number of aromatic nitrogens is 1. The fourth-order valence-electron chi connectivity index (χ4n) is 2.90. The fraction of sp³-hybridized carbons (Fsp3) is 0.438. The van der Waals surface area contributed by atoms with Crippen LogP contribution in [0.3, 0.4) is 0 Å². The lowest BCUT2D eigenvalue weighted by Gasteiger charge is -2.36. The third kappa shape index (κ3) is 3.44. The molecule has 118 valence electrons. The molecule has 2 rings (SSSR count). The zero-order valence-electron chi connectivity index (χ0n) is 13.2. The molecule has 1 amide bonds. The Labute approximate surface area is 131 Å². The molecule has 0 aromatic carbocycles. The van der Waals surface area contributed by atoms with Crippen molar-refractivity contribution >= 4 is 24.3 Å². The average molecular weight is 301 g/mol. The van der Waals surface area contributed by atoms with Crippen molar-refractivity contribution in [2.75, 3.05) is 20.1 Å². The van der Waals surface area contributed by atoms with E-state index < -0.39 is 0 Å². The van der Waals surface area contributed by atoms with Gasteiger partial charge in [-0.2, -0.15) is 0 Å². The number of H-pyrrole nitrogens is 1. The van der Waals surface area contributed by atoms with E-state index in [4.69, 9.17) is 0 Å². The van der Waals surface area contributed by atoms with Crippen LogP contribution in [-0.4, -0.2) is 54.5 Å². The molecule has 1 aliphatic heterocycles. The quantitative estimate of drug-likeness (QED) is 0.505. The Morgan fingerprint density at radius 3 is 2.95 bits per heavy atom. The van der Waals surface area contributed by atoms with Gasteiger partial charge in [-0.15, -0.1) is 0 Å². The summed E-state index contributed by atoms with van der Waals surface area (Å²) in [7, 11) is 1.74. The molecule has 0 radical (unpaired) electrons. The van der Waals surface area contributed by atoms with Gasteiger partial charge in [-0.25, -0.2) is 4.99 Å². The number of nitrogens with one attached hydrogen (secondary N) is 2. The van der Waals surface area contributed by atoms with E-state index in [0.29, 0.717) is 18.3 Å². The molecular formula is C16H23N5O. The van der Waals surface area contributed by atoms with Gasteiger partial charge in [0.05, 0.1) is 5.56 Å². The normalized spacial score (nSPS) is 22.3. The van der Waals surface area contributed by atoms with E-state index in [1.54, 1.807) is 7.05 Å². The molecule has 1 aromatic heterocycles. The van der Waals surface area contributed by atoms with Crippen molar-refractivity contribution < 1.29 is 4.79 Å². The molecule has 1 fully saturated rings. The summed E-state index contributed by atoms with van der Waals surface area (Å²) in [4.78, 5) is 25.0. The Balaban J connectivity index is 2.12. The summed E-state index contributed by atoms with van der Waals surface area (Å²) in [6.07, 6.45) is 4.17. The van der Waals surface area contributed by atoms with Crippen LogP contribution in [0.1, 0.15) is 18.9 Å². The molecular weight excluding hydrogens is 278 g/mol. The summed E-state index contributed by atoms with van der Waals surface area (Å²) in [5.41, 5.74) is 0.886. The number of aliphatic imine (C=N–C) groups is 2. The van der Waals surface area contributed by atoms with Crippen molar-refractivity contribution in [1.29, 1.82) is 0 Å². The first-order valence-corrected chi connectivity index (χ1v) is 7.38. The van der Waals surface area contributed by atoms with Gasteiger partial charge >= 0.3 is 0 Å². The van der Waals surface area contributed by atoms with Crippen molar-refractivity contribution in [3.05, 3.63) is 30.5 Å². The van der Waals surface area contributed by atoms with Crippen LogP contribution in [0.5, 0.6) is 0 Å². The zero-order chi connectivity index (χ0) is 16.1. The first-order chi connectivity index (χ1) is 10.6. The maximum Gasteiger partial charge on any atom is 0.246 e. The van der Waals surface area contributed by atoms with Gasteiger partial charge in [0.1, 0.15) is 11.7 Å². The summed E-state index contributed by atoms with van der Waals surface area (Å²) in [5.74, 6) is 1.85. The molecule has 1 saturated heterocycles. The van der Waals surface area contributed by atoms with Crippen LogP contribution >= 0.6 is 0 Å². The van der Waals surface area contributed by atoms with Crippen LogP contribution in [-0.2, 0) is 4.79 Å². The predicted octanol–water partition coefficient (Wildman–Crippen LogP) is 1.74. The second-order valence-electron chi connectivity index (χ2n) is 5.60. The summed E-state index contributed by atoms with van der Waals surface area (Å²) < 4.78 is 0. The van der Waals surface area contributed by atoms with Gasteiger partial charge in [-0.3, -0.25) is 9.79 Å². The number of hydrogen-bond acceptors (Lipinski definition) is 3. The van der Waals surface area contributed by atoms with Gasteiger partial charge in [-0.05, 0) is 31.2 Å². The maximum absolute atomic E-state index is 11.9. The Kier molecular flexibility index (Phi) is 5.14. The Bertz CT molecular complexity index is 589. The van der Waals surface area contributed by atoms with Crippen LogP contribution in [0.2, 0.25) is 0 Å². The first-order valence-electron chi connectivity index (χ1n) is 7.38. The molecule has 0 aliphatic carbocycles. The maximum atomic E-state index is 11.9. The standard InChI is InChI=1S/C16H23N5O/c1-5-14(22)21-9-11(2)8-12(10-21)20-16(18-4)13-6-7-19-15(13)17-3/h5-7,11-12,19H,1,3,8-10H2,2,4H3,(H,18,20). The number of carbonyl (C=O) groups is 1. The molecule has 6 heteroatoms. The molecule has 6 nitrogen and oxygen atoms in total. The average Bonchev–Trinajstić information content (AvgIpc) is 2.99. The summed E-state index contributed by atoms with van der Waals surface area (Å²) in [6, 6.07) is 2.07.